The van der Waals surface area contributed by atoms with Gasteiger partial charge in [0.25, 0.3) is 0 Å². The number of benzene rings is 1. The van der Waals surface area contributed by atoms with Gasteiger partial charge in [0.2, 0.25) is 0 Å². The Bertz CT molecular complexity index is 276. The van der Waals surface area contributed by atoms with Crippen LogP contribution in [0.4, 0.5) is 4.39 Å². The van der Waals surface area contributed by atoms with Crippen LogP contribution in [0.1, 0.15) is 12.5 Å². The molecule has 0 atom stereocenters. The minimum Gasteiger partial charge on any atom is -0.491 e. The Morgan fingerprint density at radius 1 is 1.46 bits per heavy atom. The van der Waals surface area contributed by atoms with Gasteiger partial charge in [0.05, 0.1) is 6.61 Å². The van der Waals surface area contributed by atoms with E-state index in [1.54, 1.807) is 12.1 Å². The van der Waals surface area contributed by atoms with Gasteiger partial charge in [-0.25, -0.2) is 4.39 Å². The van der Waals surface area contributed by atoms with Crippen molar-refractivity contribution >= 4 is 0 Å². The molecular formula is C10H14FNO. The average molecular weight is 183 g/mol. The molecule has 0 unspecified atom stereocenters. The van der Waals surface area contributed by atoms with Crippen molar-refractivity contribution in [3.05, 3.63) is 29.6 Å². The Kier molecular flexibility index (Phi) is 3.71. The second-order valence-electron chi connectivity index (χ2n) is 2.73. The van der Waals surface area contributed by atoms with E-state index in [0.717, 1.165) is 12.1 Å². The lowest BCUT2D eigenvalue weighted by Crippen LogP contribution is -2.05. The molecule has 0 aliphatic heterocycles. The Morgan fingerprint density at radius 2 is 2.23 bits per heavy atom. The fourth-order valence-corrected chi connectivity index (χ4v) is 1.13. The summed E-state index contributed by atoms with van der Waals surface area (Å²) in [5, 5.41) is 2.99. The zero-order valence-corrected chi connectivity index (χ0v) is 7.93. The molecule has 1 rings (SSSR count). The molecule has 3 heteroatoms. The maximum absolute atomic E-state index is 13.1. The van der Waals surface area contributed by atoms with Gasteiger partial charge in [-0.1, -0.05) is 6.07 Å². The van der Waals surface area contributed by atoms with Crippen molar-refractivity contribution in [2.75, 3.05) is 13.7 Å². The molecule has 1 aromatic rings. The lowest BCUT2D eigenvalue weighted by molar-refractivity contribution is 0.321. The summed E-state index contributed by atoms with van der Waals surface area (Å²) in [7, 11) is 1.85. The maximum Gasteiger partial charge on any atom is 0.165 e. The van der Waals surface area contributed by atoms with E-state index in [1.807, 2.05) is 14.0 Å². The maximum atomic E-state index is 13.1. The van der Waals surface area contributed by atoms with Crippen LogP contribution in [0.25, 0.3) is 0 Å². The highest BCUT2D eigenvalue weighted by molar-refractivity contribution is 5.30. The summed E-state index contributed by atoms with van der Waals surface area (Å²) in [4.78, 5) is 0. The van der Waals surface area contributed by atoms with E-state index in [1.165, 1.54) is 6.07 Å². The Labute approximate surface area is 77.7 Å². The molecule has 1 N–H and O–H groups in total. The molecule has 0 saturated heterocycles. The Hall–Kier alpha value is -1.09. The van der Waals surface area contributed by atoms with Crippen LogP contribution < -0.4 is 10.1 Å². The van der Waals surface area contributed by atoms with Crippen LogP contribution in [0, 0.1) is 5.82 Å². The third-order valence-electron chi connectivity index (χ3n) is 1.68. The third-order valence-corrected chi connectivity index (χ3v) is 1.68. The molecule has 2 nitrogen and oxygen atoms in total. The summed E-state index contributed by atoms with van der Waals surface area (Å²) >= 11 is 0. The van der Waals surface area contributed by atoms with Gasteiger partial charge in [0.1, 0.15) is 0 Å². The first-order valence-corrected chi connectivity index (χ1v) is 4.33. The fourth-order valence-electron chi connectivity index (χ4n) is 1.13. The molecule has 1 aromatic carbocycles. The lowest BCUT2D eigenvalue weighted by atomic mass is 10.2. The van der Waals surface area contributed by atoms with Gasteiger partial charge in [-0.05, 0) is 31.7 Å². The zero-order chi connectivity index (χ0) is 9.68. The number of hydrogen-bond donors (Lipinski definition) is 1. The first-order chi connectivity index (χ1) is 6.27. The summed E-state index contributed by atoms with van der Waals surface area (Å²) in [6.45, 7) is 3.05. The second-order valence-corrected chi connectivity index (χ2v) is 2.73. The molecule has 13 heavy (non-hydrogen) atoms. The zero-order valence-electron chi connectivity index (χ0n) is 7.93. The van der Waals surface area contributed by atoms with Gasteiger partial charge >= 0.3 is 0 Å². The summed E-state index contributed by atoms with van der Waals surface area (Å²) < 4.78 is 18.2. The molecule has 0 saturated carbocycles. The third kappa shape index (κ3) is 2.70. The topological polar surface area (TPSA) is 21.3 Å². The van der Waals surface area contributed by atoms with Gasteiger partial charge in [0, 0.05) is 6.54 Å². The monoisotopic (exact) mass is 183 g/mol. The minimum absolute atomic E-state index is 0.304. The van der Waals surface area contributed by atoms with Crippen LogP contribution in [-0.2, 0) is 6.54 Å². The van der Waals surface area contributed by atoms with E-state index in [9.17, 15) is 4.39 Å². The largest absolute Gasteiger partial charge is 0.491 e. The van der Waals surface area contributed by atoms with Crippen LogP contribution in [0.3, 0.4) is 0 Å². The summed E-state index contributed by atoms with van der Waals surface area (Å²) in [5.41, 5.74) is 1.02. The number of halogens is 1. The lowest BCUT2D eigenvalue weighted by Gasteiger charge is -2.06. The predicted octanol–water partition coefficient (Wildman–Crippen LogP) is 1.94. The van der Waals surface area contributed by atoms with E-state index < -0.39 is 0 Å². The van der Waals surface area contributed by atoms with Crippen molar-refractivity contribution in [2.24, 2.45) is 0 Å². The smallest absolute Gasteiger partial charge is 0.165 e. The van der Waals surface area contributed by atoms with E-state index in [2.05, 4.69) is 5.32 Å². The molecule has 0 heterocycles. The second kappa shape index (κ2) is 4.82. The normalized spacial score (nSPS) is 10.1. The van der Waals surface area contributed by atoms with Crippen LogP contribution in [0.2, 0.25) is 0 Å². The van der Waals surface area contributed by atoms with Crippen molar-refractivity contribution in [1.82, 2.24) is 5.32 Å². The number of nitrogens with one attached hydrogen (secondary N) is 1. The van der Waals surface area contributed by atoms with Crippen molar-refractivity contribution < 1.29 is 9.13 Å². The van der Waals surface area contributed by atoms with Crippen molar-refractivity contribution in [3.63, 3.8) is 0 Å². The highest BCUT2D eigenvalue weighted by atomic mass is 19.1. The van der Waals surface area contributed by atoms with Crippen LogP contribution in [0.15, 0.2) is 18.2 Å². The van der Waals surface area contributed by atoms with E-state index >= 15 is 0 Å². The first kappa shape index (κ1) is 9.99. The van der Waals surface area contributed by atoms with Gasteiger partial charge in [-0.3, -0.25) is 0 Å². The van der Waals surface area contributed by atoms with Crippen molar-refractivity contribution in [2.45, 2.75) is 13.5 Å². The summed E-state index contributed by atoms with van der Waals surface area (Å²) in [5.74, 6) is 0.0250. The standard InChI is InChI=1S/C10H14FNO/c1-3-13-10-6-8(7-12-2)4-5-9(10)11/h4-6,12H,3,7H2,1-2H3. The van der Waals surface area contributed by atoms with E-state index in [0.29, 0.717) is 12.4 Å². The highest BCUT2D eigenvalue weighted by Crippen LogP contribution is 2.18. The molecule has 0 spiro atoms. The van der Waals surface area contributed by atoms with E-state index in [4.69, 9.17) is 4.74 Å². The Balaban J connectivity index is 2.83. The van der Waals surface area contributed by atoms with Crippen LogP contribution in [-0.4, -0.2) is 13.7 Å². The molecule has 0 amide bonds. The molecule has 0 radical (unpaired) electrons. The fraction of sp³-hybridized carbons (Fsp3) is 0.400. The van der Waals surface area contributed by atoms with Crippen molar-refractivity contribution in [1.29, 1.82) is 0 Å². The van der Waals surface area contributed by atoms with Gasteiger partial charge in [-0.15, -0.1) is 0 Å². The SMILES string of the molecule is CCOc1cc(CNC)ccc1F. The van der Waals surface area contributed by atoms with Crippen LogP contribution >= 0.6 is 0 Å². The molecule has 0 aliphatic rings. The number of ether oxygens (including phenoxy) is 1. The number of rotatable bonds is 4. The highest BCUT2D eigenvalue weighted by Gasteiger charge is 2.02. The van der Waals surface area contributed by atoms with Gasteiger partial charge in [0.15, 0.2) is 11.6 Å². The Morgan fingerprint density at radius 3 is 2.85 bits per heavy atom. The quantitative estimate of drug-likeness (QED) is 0.770. The molecule has 72 valence electrons. The first-order valence-electron chi connectivity index (χ1n) is 4.33. The molecule has 0 aliphatic carbocycles. The molecular weight excluding hydrogens is 169 g/mol. The summed E-state index contributed by atoms with van der Waals surface area (Å²) in [6, 6.07) is 4.89. The van der Waals surface area contributed by atoms with Crippen molar-refractivity contribution in [3.8, 4) is 5.75 Å². The van der Waals surface area contributed by atoms with E-state index in [-0.39, 0.29) is 5.82 Å². The molecule has 0 fully saturated rings. The molecule has 0 aromatic heterocycles. The minimum atomic E-state index is -0.304. The predicted molar refractivity (Wildman–Crippen MR) is 50.3 cm³/mol. The average Bonchev–Trinajstić information content (AvgIpc) is 2.12. The van der Waals surface area contributed by atoms with Gasteiger partial charge in [-0.2, -0.15) is 0 Å². The number of hydrogen-bond acceptors (Lipinski definition) is 2. The van der Waals surface area contributed by atoms with Crippen LogP contribution in [0.5, 0.6) is 5.75 Å². The summed E-state index contributed by atoms with van der Waals surface area (Å²) in [6.07, 6.45) is 0. The van der Waals surface area contributed by atoms with Gasteiger partial charge < -0.3 is 10.1 Å². The molecule has 0 bridgehead atoms.